The number of hydrogen-bond donors (Lipinski definition) is 2. The number of hydrogen-bond acceptors (Lipinski definition) is 7. The molecule has 0 saturated heterocycles. The van der Waals surface area contributed by atoms with Crippen molar-refractivity contribution in [3.63, 3.8) is 0 Å². The lowest BCUT2D eigenvalue weighted by molar-refractivity contribution is 0.0876. The van der Waals surface area contributed by atoms with Crippen LogP contribution in [0.4, 0.5) is 4.39 Å². The maximum absolute atomic E-state index is 14.6. The lowest BCUT2D eigenvalue weighted by Gasteiger charge is -2.39. The number of aromatic nitrogens is 2. The molecule has 2 aromatic carbocycles. The number of nitrogens with zero attached hydrogens (tertiary/aromatic N) is 2. The maximum Gasteiger partial charge on any atom is 0.270 e. The summed E-state index contributed by atoms with van der Waals surface area (Å²) in [5.41, 5.74) is 0.0765. The molecule has 0 spiro atoms. The minimum atomic E-state index is -4.08. The maximum atomic E-state index is 14.6. The first kappa shape index (κ1) is 26.0. The van der Waals surface area contributed by atoms with Gasteiger partial charge >= 0.3 is 0 Å². The van der Waals surface area contributed by atoms with Crippen molar-refractivity contribution >= 4 is 21.8 Å². The van der Waals surface area contributed by atoms with Gasteiger partial charge in [0.1, 0.15) is 28.5 Å². The Kier molecular flexibility index (Phi) is 6.83. The van der Waals surface area contributed by atoms with E-state index in [2.05, 4.69) is 15.3 Å². The average Bonchev–Trinajstić information content (AvgIpc) is 2.95. The Bertz CT molecular complexity index is 1660. The number of nitrogens with one attached hydrogen (secondary N) is 2. The number of carbonyl (C=O) groups excluding carboxylic acids is 2. The van der Waals surface area contributed by atoms with Gasteiger partial charge in [-0.15, -0.1) is 0 Å². The van der Waals surface area contributed by atoms with E-state index in [1.165, 1.54) is 42.5 Å². The number of benzene rings is 2. The normalized spacial score (nSPS) is 16.5. The number of ether oxygens (including phenoxy) is 1. The SMILES string of the molecule is Cc1ccc([C@@]2(NC(=O)c3ccc(C(=O)NS(=O)(=O)c4ccccc4)cn3)CCOc3cccnc32)cc1F. The first-order valence-corrected chi connectivity index (χ1v) is 13.4. The second-order valence-electron chi connectivity index (χ2n) is 8.95. The van der Waals surface area contributed by atoms with E-state index in [-0.39, 0.29) is 29.2 Å². The van der Waals surface area contributed by atoms with Crippen LogP contribution in [0.3, 0.4) is 0 Å². The third kappa shape index (κ3) is 5.08. The van der Waals surface area contributed by atoms with Crippen LogP contribution in [0.5, 0.6) is 5.75 Å². The van der Waals surface area contributed by atoms with Gasteiger partial charge in [-0.25, -0.2) is 17.5 Å². The van der Waals surface area contributed by atoms with Crippen LogP contribution in [-0.2, 0) is 15.6 Å². The molecule has 9 nitrogen and oxygen atoms in total. The van der Waals surface area contributed by atoms with Gasteiger partial charge in [0.2, 0.25) is 0 Å². The predicted molar refractivity (Wildman–Crippen MR) is 139 cm³/mol. The summed E-state index contributed by atoms with van der Waals surface area (Å²) in [4.78, 5) is 34.5. The molecular weight excluding hydrogens is 523 g/mol. The zero-order valence-electron chi connectivity index (χ0n) is 20.7. The lowest BCUT2D eigenvalue weighted by atomic mass is 9.81. The minimum Gasteiger partial charge on any atom is -0.491 e. The van der Waals surface area contributed by atoms with Crippen molar-refractivity contribution < 1.29 is 27.1 Å². The highest BCUT2D eigenvalue weighted by Crippen LogP contribution is 2.41. The highest BCUT2D eigenvalue weighted by Gasteiger charge is 2.43. The largest absolute Gasteiger partial charge is 0.491 e. The standard InChI is InChI=1S/C28H23FN4O5S/c1-18-9-11-20(16-22(18)29)28(13-15-38-24-8-5-14-30-25(24)28)32-27(35)23-12-10-19(17-31-23)26(34)33-39(36,37)21-6-3-2-4-7-21/h2-12,14,16-17H,13,15H2,1H3,(H,32,35)(H,33,34)/t28-/m0/s1. The van der Waals surface area contributed by atoms with Gasteiger partial charge in [0, 0.05) is 18.8 Å². The van der Waals surface area contributed by atoms with Gasteiger partial charge in [0.25, 0.3) is 21.8 Å². The summed E-state index contributed by atoms with van der Waals surface area (Å²) in [6.45, 7) is 1.89. The quantitative estimate of drug-likeness (QED) is 0.379. The number of halogens is 1. The third-order valence-electron chi connectivity index (χ3n) is 6.44. The molecule has 1 aliphatic heterocycles. The molecule has 11 heteroatoms. The van der Waals surface area contributed by atoms with Crippen LogP contribution in [0.2, 0.25) is 0 Å². The molecule has 3 heterocycles. The Balaban J connectivity index is 1.42. The van der Waals surface area contributed by atoms with E-state index in [1.807, 2.05) is 4.72 Å². The summed E-state index contributed by atoms with van der Waals surface area (Å²) in [6.07, 6.45) is 2.95. The van der Waals surface area contributed by atoms with E-state index in [1.54, 1.807) is 43.5 Å². The second-order valence-corrected chi connectivity index (χ2v) is 10.6. The van der Waals surface area contributed by atoms with Gasteiger partial charge in [-0.05, 0) is 60.5 Å². The number of sulfonamides is 1. The molecule has 2 N–H and O–H groups in total. The summed E-state index contributed by atoms with van der Waals surface area (Å²) in [5.74, 6) is -1.46. The molecule has 0 saturated carbocycles. The Morgan fingerprint density at radius 3 is 2.49 bits per heavy atom. The summed E-state index contributed by atoms with van der Waals surface area (Å²) in [6, 6.07) is 18.2. The molecule has 5 rings (SSSR count). The Labute approximate surface area is 224 Å². The molecule has 1 aliphatic rings. The summed E-state index contributed by atoms with van der Waals surface area (Å²) >= 11 is 0. The van der Waals surface area contributed by atoms with Crippen molar-refractivity contribution in [2.45, 2.75) is 23.8 Å². The Morgan fingerprint density at radius 2 is 1.77 bits per heavy atom. The number of carbonyl (C=O) groups is 2. The van der Waals surface area contributed by atoms with Crippen molar-refractivity contribution in [3.05, 3.63) is 119 Å². The number of aryl methyl sites for hydroxylation is 1. The van der Waals surface area contributed by atoms with Crippen molar-refractivity contribution in [1.29, 1.82) is 0 Å². The summed E-state index contributed by atoms with van der Waals surface area (Å²) in [5, 5.41) is 2.97. The molecule has 0 fully saturated rings. The van der Waals surface area contributed by atoms with E-state index in [0.29, 0.717) is 22.6 Å². The van der Waals surface area contributed by atoms with Gasteiger partial charge in [-0.3, -0.25) is 19.6 Å². The first-order chi connectivity index (χ1) is 18.7. The minimum absolute atomic E-state index is 0.0339. The fraction of sp³-hybridized carbons (Fsp3) is 0.143. The molecular formula is C28H23FN4O5S. The first-order valence-electron chi connectivity index (χ1n) is 12.0. The van der Waals surface area contributed by atoms with Crippen molar-refractivity contribution in [2.75, 3.05) is 6.61 Å². The number of fused-ring (bicyclic) bond motifs is 1. The molecule has 0 unspecified atom stereocenters. The molecule has 0 radical (unpaired) electrons. The number of amides is 2. The average molecular weight is 547 g/mol. The monoisotopic (exact) mass is 546 g/mol. The molecule has 1 atom stereocenters. The number of pyridine rings is 2. The van der Waals surface area contributed by atoms with Gasteiger partial charge < -0.3 is 10.1 Å². The zero-order valence-corrected chi connectivity index (χ0v) is 21.5. The topological polar surface area (TPSA) is 127 Å². The van der Waals surface area contributed by atoms with Crippen LogP contribution in [0.25, 0.3) is 0 Å². The molecule has 2 amide bonds. The van der Waals surface area contributed by atoms with E-state index in [4.69, 9.17) is 4.74 Å². The smallest absolute Gasteiger partial charge is 0.270 e. The van der Waals surface area contributed by atoms with E-state index < -0.39 is 33.2 Å². The lowest BCUT2D eigenvalue weighted by Crippen LogP contribution is -2.50. The summed E-state index contributed by atoms with van der Waals surface area (Å²) in [7, 11) is -4.08. The Morgan fingerprint density at radius 1 is 0.974 bits per heavy atom. The van der Waals surface area contributed by atoms with Crippen LogP contribution in [0, 0.1) is 12.7 Å². The number of rotatable bonds is 6. The molecule has 2 aromatic heterocycles. The van der Waals surface area contributed by atoms with Gasteiger partial charge in [-0.1, -0.05) is 30.3 Å². The van der Waals surface area contributed by atoms with Gasteiger partial charge in [0.05, 0.1) is 17.1 Å². The third-order valence-corrected chi connectivity index (χ3v) is 7.79. The van der Waals surface area contributed by atoms with Crippen LogP contribution in [0.15, 0.2) is 90.1 Å². The fourth-order valence-electron chi connectivity index (χ4n) is 4.35. The van der Waals surface area contributed by atoms with Crippen molar-refractivity contribution in [3.8, 4) is 5.75 Å². The van der Waals surface area contributed by atoms with Crippen LogP contribution in [-0.4, -0.2) is 36.8 Å². The van der Waals surface area contributed by atoms with Crippen LogP contribution >= 0.6 is 0 Å². The summed E-state index contributed by atoms with van der Waals surface area (Å²) < 4.78 is 47.3. The van der Waals surface area contributed by atoms with Crippen molar-refractivity contribution in [1.82, 2.24) is 20.0 Å². The zero-order chi connectivity index (χ0) is 27.6. The molecule has 198 valence electrons. The molecule has 0 aliphatic carbocycles. The Hall–Kier alpha value is -4.64. The second kappa shape index (κ2) is 10.3. The van der Waals surface area contributed by atoms with Gasteiger partial charge in [-0.2, -0.15) is 0 Å². The molecule has 39 heavy (non-hydrogen) atoms. The highest BCUT2D eigenvalue weighted by atomic mass is 32.2. The van der Waals surface area contributed by atoms with E-state index >= 15 is 0 Å². The van der Waals surface area contributed by atoms with Crippen LogP contribution in [0.1, 0.15) is 44.1 Å². The predicted octanol–water partition coefficient (Wildman–Crippen LogP) is 3.50. The van der Waals surface area contributed by atoms with Crippen LogP contribution < -0.4 is 14.8 Å². The molecule has 0 bridgehead atoms. The van der Waals surface area contributed by atoms with E-state index in [0.717, 1.165) is 6.20 Å². The molecule has 4 aromatic rings. The van der Waals surface area contributed by atoms with Gasteiger partial charge in [0.15, 0.2) is 0 Å². The van der Waals surface area contributed by atoms with Crippen molar-refractivity contribution in [2.24, 2.45) is 0 Å². The van der Waals surface area contributed by atoms with E-state index in [9.17, 15) is 22.4 Å². The highest BCUT2D eigenvalue weighted by molar-refractivity contribution is 7.90. The fourth-order valence-corrected chi connectivity index (χ4v) is 5.35.